The number of aliphatic hydroxyl groups is 1. The third kappa shape index (κ3) is 2.79. The molecule has 1 amide bonds. The monoisotopic (exact) mass is 260 g/mol. The Hall–Kier alpha value is -1.81. The number of aromatic nitrogens is 1. The first-order chi connectivity index (χ1) is 8.79. The van der Waals surface area contributed by atoms with Gasteiger partial charge in [-0.3, -0.25) is 4.79 Å². The second-order valence-corrected chi connectivity index (χ2v) is 5.64. The van der Waals surface area contributed by atoms with E-state index in [0.717, 1.165) is 10.9 Å². The molecule has 0 aliphatic heterocycles. The van der Waals surface area contributed by atoms with E-state index >= 15 is 0 Å². The highest BCUT2D eigenvalue weighted by atomic mass is 16.3. The largest absolute Gasteiger partial charge is 0.389 e. The molecule has 4 heteroatoms. The highest BCUT2D eigenvalue weighted by molar-refractivity contribution is 6.06. The topological polar surface area (TPSA) is 45.5 Å². The fourth-order valence-corrected chi connectivity index (χ4v) is 2.35. The van der Waals surface area contributed by atoms with E-state index in [1.807, 2.05) is 42.1 Å². The van der Waals surface area contributed by atoms with Crippen molar-refractivity contribution in [2.24, 2.45) is 7.05 Å². The van der Waals surface area contributed by atoms with Gasteiger partial charge in [0.25, 0.3) is 5.91 Å². The van der Waals surface area contributed by atoms with E-state index in [0.29, 0.717) is 12.1 Å². The van der Waals surface area contributed by atoms with E-state index in [4.69, 9.17) is 0 Å². The zero-order chi connectivity index (χ0) is 14.2. The maximum atomic E-state index is 12.5. The average molecular weight is 260 g/mol. The van der Waals surface area contributed by atoms with Crippen molar-refractivity contribution in [3.8, 4) is 0 Å². The molecule has 2 aromatic rings. The van der Waals surface area contributed by atoms with Gasteiger partial charge in [0.2, 0.25) is 0 Å². The predicted molar refractivity (Wildman–Crippen MR) is 76.2 cm³/mol. The fourth-order valence-electron chi connectivity index (χ4n) is 2.35. The number of aryl methyl sites for hydroxylation is 1. The molecule has 0 spiro atoms. The van der Waals surface area contributed by atoms with Gasteiger partial charge in [-0.05, 0) is 32.0 Å². The molecule has 102 valence electrons. The lowest BCUT2D eigenvalue weighted by molar-refractivity contribution is 0.0369. The van der Waals surface area contributed by atoms with Crippen molar-refractivity contribution < 1.29 is 9.90 Å². The molecule has 0 bridgehead atoms. The summed E-state index contributed by atoms with van der Waals surface area (Å²) in [6, 6.07) is 7.64. The number of fused-ring (bicyclic) bond motifs is 1. The lowest BCUT2D eigenvalue weighted by Gasteiger charge is -2.25. The zero-order valence-corrected chi connectivity index (χ0v) is 11.8. The van der Waals surface area contributed by atoms with Gasteiger partial charge in [-0.1, -0.05) is 6.07 Å². The Morgan fingerprint density at radius 1 is 1.37 bits per heavy atom. The van der Waals surface area contributed by atoms with Gasteiger partial charge in [0.1, 0.15) is 0 Å². The van der Waals surface area contributed by atoms with Crippen LogP contribution in [0.1, 0.15) is 24.2 Å². The third-order valence-corrected chi connectivity index (χ3v) is 3.13. The van der Waals surface area contributed by atoms with Gasteiger partial charge < -0.3 is 14.6 Å². The molecular formula is C15H20N2O2. The van der Waals surface area contributed by atoms with E-state index in [-0.39, 0.29) is 5.91 Å². The SMILES string of the molecule is CN(CC(C)(C)O)C(=O)c1cccc2c1ccn2C. The first kappa shape index (κ1) is 13.6. The molecule has 0 aliphatic carbocycles. The summed E-state index contributed by atoms with van der Waals surface area (Å²) >= 11 is 0. The smallest absolute Gasteiger partial charge is 0.254 e. The van der Waals surface area contributed by atoms with E-state index in [2.05, 4.69) is 0 Å². The maximum Gasteiger partial charge on any atom is 0.254 e. The number of carbonyl (C=O) groups is 1. The van der Waals surface area contributed by atoms with Crippen LogP contribution >= 0.6 is 0 Å². The molecule has 1 N–H and O–H groups in total. The number of nitrogens with zero attached hydrogens (tertiary/aromatic N) is 2. The van der Waals surface area contributed by atoms with Crippen LogP contribution in [-0.2, 0) is 7.05 Å². The number of rotatable bonds is 3. The minimum atomic E-state index is -0.894. The number of likely N-dealkylation sites (N-methyl/N-ethyl adjacent to an activating group) is 1. The molecule has 2 rings (SSSR count). The van der Waals surface area contributed by atoms with Crippen molar-refractivity contribution in [2.75, 3.05) is 13.6 Å². The lowest BCUT2D eigenvalue weighted by Crippen LogP contribution is -2.39. The summed E-state index contributed by atoms with van der Waals surface area (Å²) in [6.45, 7) is 3.69. The number of hydrogen-bond donors (Lipinski definition) is 1. The first-order valence-electron chi connectivity index (χ1n) is 6.31. The Morgan fingerprint density at radius 3 is 2.68 bits per heavy atom. The summed E-state index contributed by atoms with van der Waals surface area (Å²) in [4.78, 5) is 14.0. The van der Waals surface area contributed by atoms with Crippen molar-refractivity contribution in [1.82, 2.24) is 9.47 Å². The normalized spacial score (nSPS) is 11.8. The molecule has 0 atom stereocenters. The van der Waals surface area contributed by atoms with Crippen LogP contribution in [0.15, 0.2) is 30.5 Å². The number of carbonyl (C=O) groups excluding carboxylic acids is 1. The Kier molecular flexibility index (Phi) is 3.37. The van der Waals surface area contributed by atoms with Crippen LogP contribution in [0.25, 0.3) is 10.9 Å². The summed E-state index contributed by atoms with van der Waals surface area (Å²) < 4.78 is 1.99. The van der Waals surface area contributed by atoms with Crippen molar-refractivity contribution in [3.05, 3.63) is 36.0 Å². The highest BCUT2D eigenvalue weighted by Gasteiger charge is 2.21. The van der Waals surface area contributed by atoms with Crippen LogP contribution in [0, 0.1) is 0 Å². The highest BCUT2D eigenvalue weighted by Crippen LogP contribution is 2.21. The first-order valence-corrected chi connectivity index (χ1v) is 6.31. The Labute approximate surface area is 113 Å². The van der Waals surface area contributed by atoms with Crippen molar-refractivity contribution in [2.45, 2.75) is 19.4 Å². The van der Waals surface area contributed by atoms with Crippen LogP contribution in [0.4, 0.5) is 0 Å². The van der Waals surface area contributed by atoms with Crippen molar-refractivity contribution in [1.29, 1.82) is 0 Å². The van der Waals surface area contributed by atoms with Gasteiger partial charge >= 0.3 is 0 Å². The molecule has 0 unspecified atom stereocenters. The van der Waals surface area contributed by atoms with E-state index in [9.17, 15) is 9.90 Å². The fraction of sp³-hybridized carbons (Fsp3) is 0.400. The molecule has 1 heterocycles. The maximum absolute atomic E-state index is 12.5. The van der Waals surface area contributed by atoms with Crippen LogP contribution in [0.5, 0.6) is 0 Å². The molecule has 1 aromatic heterocycles. The summed E-state index contributed by atoms with van der Waals surface area (Å²) in [5.74, 6) is -0.0704. The molecule has 19 heavy (non-hydrogen) atoms. The van der Waals surface area contributed by atoms with Crippen LogP contribution < -0.4 is 0 Å². The number of hydrogen-bond acceptors (Lipinski definition) is 2. The van der Waals surface area contributed by atoms with Crippen molar-refractivity contribution >= 4 is 16.8 Å². The molecule has 0 saturated heterocycles. The summed E-state index contributed by atoms with van der Waals surface area (Å²) in [5, 5.41) is 10.7. The molecule has 1 aromatic carbocycles. The summed E-state index contributed by atoms with van der Waals surface area (Å²) in [7, 11) is 3.67. The molecule has 0 radical (unpaired) electrons. The standard InChI is InChI=1S/C15H20N2O2/c1-15(2,19)10-17(4)14(18)12-6-5-7-13-11(12)8-9-16(13)3/h5-9,19H,10H2,1-4H3. The summed E-state index contributed by atoms with van der Waals surface area (Å²) in [6.07, 6.45) is 1.94. The number of amides is 1. The van der Waals surface area contributed by atoms with Gasteiger partial charge in [0.15, 0.2) is 0 Å². The third-order valence-electron chi connectivity index (χ3n) is 3.13. The van der Waals surface area contributed by atoms with E-state index in [1.165, 1.54) is 0 Å². The van der Waals surface area contributed by atoms with Crippen LogP contribution in [-0.4, -0.2) is 39.7 Å². The molecule has 0 aliphatic rings. The quantitative estimate of drug-likeness (QED) is 0.917. The van der Waals surface area contributed by atoms with Gasteiger partial charge in [-0.15, -0.1) is 0 Å². The Bertz CT molecular complexity index is 608. The second-order valence-electron chi connectivity index (χ2n) is 5.64. The van der Waals surface area contributed by atoms with Crippen molar-refractivity contribution in [3.63, 3.8) is 0 Å². The zero-order valence-electron chi connectivity index (χ0n) is 11.8. The molecule has 4 nitrogen and oxygen atoms in total. The van der Waals surface area contributed by atoms with Gasteiger partial charge in [-0.25, -0.2) is 0 Å². The molecule has 0 saturated carbocycles. The van der Waals surface area contributed by atoms with E-state index in [1.54, 1.807) is 25.8 Å². The minimum absolute atomic E-state index is 0.0704. The van der Waals surface area contributed by atoms with Gasteiger partial charge in [0.05, 0.1) is 5.60 Å². The lowest BCUT2D eigenvalue weighted by atomic mass is 10.1. The number of benzene rings is 1. The Morgan fingerprint density at radius 2 is 2.05 bits per heavy atom. The molecule has 0 fully saturated rings. The average Bonchev–Trinajstić information content (AvgIpc) is 2.68. The van der Waals surface area contributed by atoms with Crippen LogP contribution in [0.2, 0.25) is 0 Å². The predicted octanol–water partition coefficient (Wildman–Crippen LogP) is 2.02. The Balaban J connectivity index is 2.36. The second kappa shape index (κ2) is 4.70. The van der Waals surface area contributed by atoms with Crippen LogP contribution in [0.3, 0.4) is 0 Å². The summed E-state index contributed by atoms with van der Waals surface area (Å²) in [5.41, 5.74) is 0.807. The van der Waals surface area contributed by atoms with Gasteiger partial charge in [0, 0.05) is 43.3 Å². The van der Waals surface area contributed by atoms with Gasteiger partial charge in [-0.2, -0.15) is 0 Å². The van der Waals surface area contributed by atoms with E-state index < -0.39 is 5.60 Å². The molecular weight excluding hydrogens is 240 g/mol. The minimum Gasteiger partial charge on any atom is -0.389 e.